The number of aliphatic hydroxyl groups excluding tert-OH is 7. The molecular weight excluding hydrogens is 1810 g/mol. The monoisotopic (exact) mass is 2010 g/mol. The van der Waals surface area contributed by atoms with E-state index in [0.29, 0.717) is 41.4 Å². The molecule has 7 aliphatic rings. The Labute approximate surface area is 876 Å². The minimum absolute atomic E-state index is 0. The molecule has 7 aromatic heterocycles. The van der Waals surface area contributed by atoms with Gasteiger partial charge in [0.2, 0.25) is 0 Å². The lowest BCUT2D eigenvalue weighted by atomic mass is 9.99. The van der Waals surface area contributed by atoms with Gasteiger partial charge < -0.3 is 104 Å². The summed E-state index contributed by atoms with van der Waals surface area (Å²) in [5.41, 5.74) is 20.4. The zero-order valence-electron chi connectivity index (χ0n) is 88.7. The summed E-state index contributed by atoms with van der Waals surface area (Å²) in [4.78, 5) is 57.4. The first-order chi connectivity index (χ1) is 65.3. The predicted molar refractivity (Wildman–Crippen MR) is 610 cm³/mol. The summed E-state index contributed by atoms with van der Waals surface area (Å²) >= 11 is 0. The fourth-order valence-electron chi connectivity index (χ4n) is 18.6. The van der Waals surface area contributed by atoms with E-state index >= 15 is 0 Å². The van der Waals surface area contributed by atoms with E-state index in [-0.39, 0.29) is 133 Å². The molecule has 822 valence electrons. The molecule has 7 aliphatic heterocycles. The van der Waals surface area contributed by atoms with Crippen molar-refractivity contribution in [3.63, 3.8) is 0 Å². The van der Waals surface area contributed by atoms with Gasteiger partial charge in [0.25, 0.3) is 0 Å². The minimum atomic E-state index is -0.208. The number of hydrogen-bond donors (Lipinski definition) is 7. The molecule has 0 spiro atoms. The second-order valence-electron chi connectivity index (χ2n) is 41.9. The molecule has 144 heavy (non-hydrogen) atoms. The van der Waals surface area contributed by atoms with Crippen LogP contribution in [0.3, 0.4) is 0 Å². The molecule has 7 fully saturated rings. The maximum absolute atomic E-state index is 9.88. The topological polar surface area (TPSA) is 295 Å². The van der Waals surface area contributed by atoms with Crippen LogP contribution in [0.25, 0.3) is 0 Å². The normalized spacial score (nSPS) is 20.2. The van der Waals surface area contributed by atoms with E-state index in [4.69, 9.17) is 34.1 Å². The first kappa shape index (κ1) is 134. The molecule has 7 saturated heterocycles. The minimum Gasteiger partial charge on any atom is -0.394 e. The molecule has 0 aromatic carbocycles. The van der Waals surface area contributed by atoms with Crippen molar-refractivity contribution in [3.8, 4) is 0 Å². The van der Waals surface area contributed by atoms with Crippen molar-refractivity contribution in [2.75, 3.05) is 204 Å². The number of rotatable bonds is 28. The molecule has 7 aromatic rings. The Morgan fingerprint density at radius 2 is 0.500 bits per heavy atom. The SMILES string of the molecule is C.C.C.C.C.C.C.CC(C)c1ccc(N2CCC(O)CC2)c(CN(C)C)n1.CC(C)c1ccc(N2CCCC(O)C2)c(CN(C)C)n1.CC(C)c1ccc(N2CCC[C@@H](O)C2)c(CN(C)C)n1.CC(C)c1ccc(N2CCC[C@H](O)C2)c(CN(C)C)n1.CO[C@@H]1CC[C@@H](CO)N(c2ccc(C(C)C)nc2)C1.CO[C@@H]1CC[C@H](CO)N(c2ccc(C(C)C)nc2)C1.CO[C@H]1CC[C@@H](CO)N(c2ccc(C(C)C)nc2)C1. The highest BCUT2D eigenvalue weighted by molar-refractivity contribution is 5.56. The van der Waals surface area contributed by atoms with Crippen LogP contribution in [0.1, 0.15) is 343 Å². The first-order valence-corrected chi connectivity index (χ1v) is 51.2. The van der Waals surface area contributed by atoms with Gasteiger partial charge >= 0.3 is 0 Å². The smallest absolute Gasteiger partial charge is 0.0780 e. The molecule has 14 heterocycles. The lowest BCUT2D eigenvalue weighted by molar-refractivity contribution is 0.0743. The third-order valence-electron chi connectivity index (χ3n) is 26.8. The lowest BCUT2D eigenvalue weighted by Crippen LogP contribution is -2.48. The van der Waals surface area contributed by atoms with Crippen molar-refractivity contribution in [1.82, 2.24) is 54.5 Å². The van der Waals surface area contributed by atoms with E-state index in [1.807, 2.05) is 18.6 Å². The predicted octanol–water partition coefficient (Wildman–Crippen LogP) is 19.9. The van der Waals surface area contributed by atoms with Crippen molar-refractivity contribution in [2.24, 2.45) is 0 Å². The van der Waals surface area contributed by atoms with E-state index < -0.39 is 0 Å². The number of hydrogen-bond acceptors (Lipinski definition) is 28. The zero-order valence-corrected chi connectivity index (χ0v) is 88.7. The summed E-state index contributed by atoms with van der Waals surface area (Å²) in [6, 6.07) is 30.3. The van der Waals surface area contributed by atoms with Crippen LogP contribution in [0.5, 0.6) is 0 Å². The van der Waals surface area contributed by atoms with E-state index in [0.717, 1.165) is 268 Å². The second-order valence-corrected chi connectivity index (χ2v) is 41.9. The van der Waals surface area contributed by atoms with Crippen LogP contribution in [-0.2, 0) is 40.4 Å². The summed E-state index contributed by atoms with van der Waals surface area (Å²) in [7, 11) is 21.8. The zero-order chi connectivity index (χ0) is 100. The molecule has 0 bridgehead atoms. The fraction of sp³-hybridized carbons (Fsp3) is 0.698. The highest BCUT2D eigenvalue weighted by atomic mass is 16.5. The first-order valence-electron chi connectivity index (χ1n) is 51.2. The average molecular weight is 2020 g/mol. The maximum Gasteiger partial charge on any atom is 0.0780 e. The molecule has 1 unspecified atom stereocenters. The van der Waals surface area contributed by atoms with E-state index in [2.05, 4.69) is 307 Å². The van der Waals surface area contributed by atoms with Crippen molar-refractivity contribution in [2.45, 2.75) is 367 Å². The van der Waals surface area contributed by atoms with Crippen LogP contribution in [0, 0.1) is 0 Å². The molecule has 7 N–H and O–H groups in total. The van der Waals surface area contributed by atoms with Gasteiger partial charge in [-0.25, -0.2) is 0 Å². The maximum atomic E-state index is 9.88. The molecule has 28 nitrogen and oxygen atoms in total. The molecule has 28 heteroatoms. The van der Waals surface area contributed by atoms with Gasteiger partial charge in [0.05, 0.1) is 162 Å². The fourth-order valence-corrected chi connectivity index (χ4v) is 18.6. The van der Waals surface area contributed by atoms with Gasteiger partial charge in [-0.2, -0.15) is 0 Å². The molecule has 0 radical (unpaired) electrons. The Hall–Kier alpha value is -7.91. The summed E-state index contributed by atoms with van der Waals surface area (Å²) < 4.78 is 16.4. The quantitative estimate of drug-likeness (QED) is 0.0240. The van der Waals surface area contributed by atoms with Crippen LogP contribution in [0.15, 0.2) is 104 Å². The number of pyridine rings is 7. The molecule has 0 amide bonds. The molecule has 14 rings (SSSR count). The highest BCUT2D eigenvalue weighted by Crippen LogP contribution is 2.36. The van der Waals surface area contributed by atoms with Crippen molar-refractivity contribution in [1.29, 1.82) is 0 Å². The number of aromatic nitrogens is 7. The number of β-amino-alcohol motifs (C(OH)–C–C–N with tert-alkyl or cyclic N) is 3. The average Bonchev–Trinajstić information content (AvgIpc) is 0.879. The van der Waals surface area contributed by atoms with Gasteiger partial charge in [0.1, 0.15) is 0 Å². The summed E-state index contributed by atoms with van der Waals surface area (Å²) in [6.07, 6.45) is 19.2. The van der Waals surface area contributed by atoms with E-state index in [1.54, 1.807) is 21.3 Å². The molecular formula is C116H208N18O10. The van der Waals surface area contributed by atoms with Crippen LogP contribution >= 0.6 is 0 Å². The molecule has 9 atom stereocenters. The Kier molecular flexibility index (Phi) is 63.3. The summed E-state index contributed by atoms with van der Waals surface area (Å²) in [5, 5.41) is 67.9. The van der Waals surface area contributed by atoms with Crippen LogP contribution in [0.4, 0.5) is 39.8 Å². The number of nitrogens with zero attached hydrogens (tertiary/aromatic N) is 18. The highest BCUT2D eigenvalue weighted by Gasteiger charge is 2.34. The Morgan fingerprint density at radius 3 is 0.688 bits per heavy atom. The van der Waals surface area contributed by atoms with Gasteiger partial charge in [0.15, 0.2) is 0 Å². The van der Waals surface area contributed by atoms with E-state index in [9.17, 15) is 35.7 Å². The van der Waals surface area contributed by atoms with Crippen LogP contribution in [0.2, 0.25) is 0 Å². The number of piperidine rings is 7. The third kappa shape index (κ3) is 42.3. The van der Waals surface area contributed by atoms with Gasteiger partial charge in [-0.1, -0.05) is 149 Å². The standard InChI is InChI=1S/4C16H27N3O.3C15H24N2O2.7CH4/c1-12(2)14-5-6-16(15(17-14)11-18(3)4)19-9-7-13(20)8-10-19;3*1-12(2)14-7-8-16(15(17-14)11-18(3)4)19-9-5-6-13(20)10-19;3*1-11(2)15-7-5-12(8-16-15)17-9-14(19-3)6-4-13(17)10-18;;;;;;;/h5-6,12-13,20H,7-11H2,1-4H3;3*7-8,12-13,20H,5-6,9-11H2,1-4H3;3*5,7-8,11,13-14,18H,4,6,9-10H2,1-3H3;7*1H4/t;2*13-;;13-,14+;2*13-,14-;;;;;;;/m.10.010......./s1. The van der Waals surface area contributed by atoms with Crippen molar-refractivity contribution >= 4 is 39.8 Å². The van der Waals surface area contributed by atoms with Gasteiger partial charge in [-0.15, -0.1) is 0 Å². The van der Waals surface area contributed by atoms with Gasteiger partial charge in [-0.3, -0.25) is 34.9 Å². The van der Waals surface area contributed by atoms with Gasteiger partial charge in [-0.05, 0) is 273 Å². The number of ether oxygens (including phenoxy) is 3. The summed E-state index contributed by atoms with van der Waals surface area (Å²) in [6.45, 7) is 43.7. The van der Waals surface area contributed by atoms with E-state index in [1.165, 1.54) is 22.7 Å². The van der Waals surface area contributed by atoms with Crippen molar-refractivity contribution < 1.29 is 50.0 Å². The number of methoxy groups -OCH3 is 3. The largest absolute Gasteiger partial charge is 0.394 e. The molecule has 0 saturated carbocycles. The Morgan fingerprint density at radius 1 is 0.278 bits per heavy atom. The third-order valence-corrected chi connectivity index (χ3v) is 26.8. The summed E-state index contributed by atoms with van der Waals surface area (Å²) in [5.74, 6) is 3.10. The number of aliphatic hydroxyl groups is 7. The van der Waals surface area contributed by atoms with Crippen LogP contribution < -0.4 is 34.3 Å². The lowest BCUT2D eigenvalue weighted by Gasteiger charge is -2.39. The molecule has 0 aliphatic carbocycles. The number of anilines is 7. The second kappa shape index (κ2) is 67.9. The Bertz CT molecular complexity index is 4160. The van der Waals surface area contributed by atoms with Crippen LogP contribution in [-0.4, -0.2) is 321 Å². The van der Waals surface area contributed by atoms with Crippen molar-refractivity contribution in [3.05, 3.63) is 166 Å². The van der Waals surface area contributed by atoms with Gasteiger partial charge in [0, 0.05) is 159 Å². The Balaban J connectivity index is 0.000000833.